The number of rotatable bonds is 1. The monoisotopic (exact) mass is 183 g/mol. The number of azide groups is 1. The SMILES string of the molecule is Cc1[nH][nH]c(=O)c1C(=S)N=[N+]=[N-]. The summed E-state index contributed by atoms with van der Waals surface area (Å²) in [5.41, 5.74) is 8.49. The molecule has 0 fully saturated rings. The van der Waals surface area contributed by atoms with Gasteiger partial charge in [-0.2, -0.15) is 0 Å². The summed E-state index contributed by atoms with van der Waals surface area (Å²) in [4.78, 5) is 13.4. The lowest BCUT2D eigenvalue weighted by molar-refractivity contribution is 1.02. The topological polar surface area (TPSA) is 97.4 Å². The van der Waals surface area contributed by atoms with Gasteiger partial charge >= 0.3 is 0 Å². The van der Waals surface area contributed by atoms with Gasteiger partial charge in [0.15, 0.2) is 0 Å². The van der Waals surface area contributed by atoms with Crippen LogP contribution in [-0.2, 0) is 0 Å². The maximum atomic E-state index is 11.0. The molecule has 0 amide bonds. The van der Waals surface area contributed by atoms with Gasteiger partial charge in [0, 0.05) is 10.6 Å². The molecule has 0 saturated heterocycles. The third kappa shape index (κ3) is 1.36. The molecular weight excluding hydrogens is 178 g/mol. The van der Waals surface area contributed by atoms with E-state index < -0.39 is 0 Å². The summed E-state index contributed by atoms with van der Waals surface area (Å²) >= 11 is 4.69. The predicted octanol–water partition coefficient (Wildman–Crippen LogP) is 0.997. The molecule has 0 unspecified atom stereocenters. The third-order valence-corrected chi connectivity index (χ3v) is 1.60. The smallest absolute Gasteiger partial charge is 0.272 e. The molecule has 6 nitrogen and oxygen atoms in total. The van der Waals surface area contributed by atoms with Gasteiger partial charge in [-0.3, -0.25) is 9.89 Å². The van der Waals surface area contributed by atoms with E-state index >= 15 is 0 Å². The minimum atomic E-state index is -0.370. The molecule has 2 N–H and O–H groups in total. The Morgan fingerprint density at radius 1 is 1.67 bits per heavy atom. The summed E-state index contributed by atoms with van der Waals surface area (Å²) < 4.78 is 0. The number of aryl methyl sites for hydroxylation is 1. The number of H-pyrrole nitrogens is 2. The number of thiocarbonyl (C=S) groups is 1. The lowest BCUT2D eigenvalue weighted by atomic mass is 10.3. The fourth-order valence-electron chi connectivity index (χ4n) is 0.794. The van der Waals surface area contributed by atoms with E-state index in [4.69, 9.17) is 5.53 Å². The van der Waals surface area contributed by atoms with Crippen LogP contribution in [0.1, 0.15) is 11.3 Å². The highest BCUT2D eigenvalue weighted by atomic mass is 32.1. The molecule has 12 heavy (non-hydrogen) atoms. The number of nitrogens with one attached hydrogen (secondary N) is 2. The van der Waals surface area contributed by atoms with Crippen LogP contribution in [0.15, 0.2) is 9.91 Å². The molecule has 0 atom stereocenters. The molecule has 0 spiro atoms. The van der Waals surface area contributed by atoms with Gasteiger partial charge < -0.3 is 5.10 Å². The maximum absolute atomic E-state index is 11.0. The molecule has 0 bridgehead atoms. The quantitative estimate of drug-likeness (QED) is 0.294. The zero-order valence-corrected chi connectivity index (χ0v) is 6.97. The van der Waals surface area contributed by atoms with Crippen molar-refractivity contribution in [2.45, 2.75) is 6.92 Å². The van der Waals surface area contributed by atoms with E-state index in [0.717, 1.165) is 0 Å². The van der Waals surface area contributed by atoms with Gasteiger partial charge in [0.25, 0.3) is 5.56 Å². The zero-order chi connectivity index (χ0) is 9.14. The fourth-order valence-corrected chi connectivity index (χ4v) is 1.08. The standard InChI is InChI=1S/C5H5N5OS/c1-2-3(4(11)8-7-2)5(12)9-10-6/h1H3,(H2,7,8,11). The summed E-state index contributed by atoms with van der Waals surface area (Å²) in [7, 11) is 0. The molecule has 0 radical (unpaired) electrons. The highest BCUT2D eigenvalue weighted by molar-refractivity contribution is 7.80. The average Bonchev–Trinajstić information content (AvgIpc) is 2.32. The first kappa shape index (κ1) is 8.51. The van der Waals surface area contributed by atoms with Crippen molar-refractivity contribution in [1.82, 2.24) is 10.2 Å². The van der Waals surface area contributed by atoms with Crippen molar-refractivity contribution in [3.8, 4) is 0 Å². The summed E-state index contributed by atoms with van der Waals surface area (Å²) in [6.45, 7) is 1.66. The van der Waals surface area contributed by atoms with Gasteiger partial charge in [0.2, 0.25) is 0 Å². The molecule has 0 saturated carbocycles. The van der Waals surface area contributed by atoms with E-state index in [1.54, 1.807) is 6.92 Å². The second-order valence-electron chi connectivity index (χ2n) is 2.07. The van der Waals surface area contributed by atoms with E-state index in [1.165, 1.54) is 0 Å². The van der Waals surface area contributed by atoms with Crippen molar-refractivity contribution in [3.05, 3.63) is 32.1 Å². The highest BCUT2D eigenvalue weighted by Gasteiger charge is 2.09. The van der Waals surface area contributed by atoms with Gasteiger partial charge in [0.05, 0.1) is 5.56 Å². The Morgan fingerprint density at radius 2 is 2.33 bits per heavy atom. The second-order valence-corrected chi connectivity index (χ2v) is 2.46. The zero-order valence-electron chi connectivity index (χ0n) is 6.16. The van der Waals surface area contributed by atoms with Crippen molar-refractivity contribution >= 4 is 17.2 Å². The molecule has 7 heteroatoms. The van der Waals surface area contributed by atoms with Crippen LogP contribution in [-0.4, -0.2) is 15.2 Å². The first-order valence-electron chi connectivity index (χ1n) is 3.03. The molecular formula is C5H5N5OS. The molecule has 0 aliphatic carbocycles. The summed E-state index contributed by atoms with van der Waals surface area (Å²) in [5, 5.41) is 8.05. The molecule has 62 valence electrons. The van der Waals surface area contributed by atoms with Crippen molar-refractivity contribution in [3.63, 3.8) is 0 Å². The van der Waals surface area contributed by atoms with Gasteiger partial charge in [-0.05, 0) is 17.6 Å². The Labute approximate surface area is 72.2 Å². The maximum Gasteiger partial charge on any atom is 0.272 e. The molecule has 1 aromatic heterocycles. The number of aromatic nitrogens is 2. The van der Waals surface area contributed by atoms with Gasteiger partial charge in [0.1, 0.15) is 4.99 Å². The highest BCUT2D eigenvalue weighted by Crippen LogP contribution is 2.00. The Balaban J connectivity index is 3.27. The molecule has 1 heterocycles. The van der Waals surface area contributed by atoms with Crippen LogP contribution in [0.5, 0.6) is 0 Å². The Bertz CT molecular complexity index is 410. The van der Waals surface area contributed by atoms with Crippen LogP contribution in [0.25, 0.3) is 10.4 Å². The van der Waals surface area contributed by atoms with Gasteiger partial charge in [-0.15, -0.1) is 0 Å². The molecule has 0 aliphatic heterocycles. The predicted molar refractivity (Wildman–Crippen MR) is 47.0 cm³/mol. The Kier molecular flexibility index (Phi) is 2.27. The Hall–Kier alpha value is -1.59. The first-order chi connectivity index (χ1) is 5.66. The van der Waals surface area contributed by atoms with E-state index in [2.05, 4.69) is 32.4 Å². The van der Waals surface area contributed by atoms with E-state index in [0.29, 0.717) is 5.69 Å². The second kappa shape index (κ2) is 3.21. The van der Waals surface area contributed by atoms with Gasteiger partial charge in [-0.1, -0.05) is 12.2 Å². The minimum absolute atomic E-state index is 0.0440. The number of hydrogen-bond donors (Lipinski definition) is 2. The molecule has 0 aromatic carbocycles. The van der Waals surface area contributed by atoms with Gasteiger partial charge in [-0.25, -0.2) is 0 Å². The molecule has 1 rings (SSSR count). The number of aromatic amines is 2. The van der Waals surface area contributed by atoms with Crippen LogP contribution in [0.2, 0.25) is 0 Å². The van der Waals surface area contributed by atoms with Crippen LogP contribution >= 0.6 is 12.2 Å². The molecule has 0 aliphatic rings. The molecule has 1 aromatic rings. The number of nitrogens with zero attached hydrogens (tertiary/aromatic N) is 3. The van der Waals surface area contributed by atoms with Crippen LogP contribution < -0.4 is 5.56 Å². The lowest BCUT2D eigenvalue weighted by Gasteiger charge is -1.89. The normalized spacial score (nSPS) is 9.08. The van der Waals surface area contributed by atoms with Crippen molar-refractivity contribution in [2.24, 2.45) is 5.11 Å². The lowest BCUT2D eigenvalue weighted by Crippen LogP contribution is -2.10. The van der Waals surface area contributed by atoms with Crippen molar-refractivity contribution in [2.75, 3.05) is 0 Å². The Morgan fingerprint density at radius 3 is 2.75 bits per heavy atom. The summed E-state index contributed by atoms with van der Waals surface area (Å²) in [5.74, 6) is 0. The van der Waals surface area contributed by atoms with Crippen molar-refractivity contribution in [1.29, 1.82) is 0 Å². The average molecular weight is 183 g/mol. The van der Waals surface area contributed by atoms with Crippen LogP contribution in [0.3, 0.4) is 0 Å². The van der Waals surface area contributed by atoms with E-state index in [9.17, 15) is 4.79 Å². The summed E-state index contributed by atoms with van der Waals surface area (Å²) in [6, 6.07) is 0. The first-order valence-corrected chi connectivity index (χ1v) is 3.44. The summed E-state index contributed by atoms with van der Waals surface area (Å²) in [6.07, 6.45) is 0. The number of hydrogen-bond acceptors (Lipinski definition) is 2. The van der Waals surface area contributed by atoms with E-state index in [-0.39, 0.29) is 16.1 Å². The third-order valence-electron chi connectivity index (χ3n) is 1.32. The van der Waals surface area contributed by atoms with E-state index in [1.807, 2.05) is 0 Å². The van der Waals surface area contributed by atoms with Crippen LogP contribution in [0, 0.1) is 6.92 Å². The minimum Gasteiger partial charge on any atom is -0.302 e. The van der Waals surface area contributed by atoms with Crippen molar-refractivity contribution < 1.29 is 0 Å². The van der Waals surface area contributed by atoms with Crippen LogP contribution in [0.4, 0.5) is 0 Å². The fraction of sp³-hybridized carbons (Fsp3) is 0.200. The largest absolute Gasteiger partial charge is 0.302 e.